The van der Waals surface area contributed by atoms with E-state index in [1.807, 2.05) is 12.1 Å². The molecule has 0 spiro atoms. The van der Waals surface area contributed by atoms with Crippen LogP contribution in [0.2, 0.25) is 5.02 Å². The van der Waals surface area contributed by atoms with Crippen molar-refractivity contribution < 1.29 is 0 Å². The lowest BCUT2D eigenvalue weighted by Crippen LogP contribution is -2.51. The molecule has 8 heteroatoms. The van der Waals surface area contributed by atoms with Crippen LogP contribution in [0, 0.1) is 0 Å². The zero-order valence-electron chi connectivity index (χ0n) is 18.4. The molecule has 32 heavy (non-hydrogen) atoms. The number of para-hydroxylation sites is 1. The van der Waals surface area contributed by atoms with Crippen molar-refractivity contribution in [3.63, 3.8) is 0 Å². The van der Waals surface area contributed by atoms with Crippen molar-refractivity contribution in [1.82, 2.24) is 20.1 Å². The fraction of sp³-hybridized carbons (Fsp3) is 0.417. The van der Waals surface area contributed by atoms with Gasteiger partial charge in [-0.05, 0) is 48.6 Å². The highest BCUT2D eigenvalue weighted by Crippen LogP contribution is 2.32. The molecule has 0 amide bonds. The number of halogens is 1. The number of fused-ring (bicyclic) bond motifs is 1. The fourth-order valence-electron chi connectivity index (χ4n) is 5.17. The minimum absolute atomic E-state index is 0.373. The number of likely N-dealkylation sites (N-methyl/N-ethyl adjacent to an activating group) is 1. The SMILES string of the molecule is CN1C[C@H](Cc2ccc(Cl)cc2)N(C2CCN(c3n[nH]c(N)n3)CC2)Cc2ccccc21. The van der Waals surface area contributed by atoms with Crippen LogP contribution in [0.3, 0.4) is 0 Å². The molecule has 2 aliphatic heterocycles. The van der Waals surface area contributed by atoms with Gasteiger partial charge in [-0.1, -0.05) is 41.9 Å². The molecule has 2 aliphatic rings. The molecule has 1 atom stereocenters. The van der Waals surface area contributed by atoms with Crippen molar-refractivity contribution in [3.05, 3.63) is 64.7 Å². The summed E-state index contributed by atoms with van der Waals surface area (Å²) < 4.78 is 0. The number of anilines is 3. The zero-order valence-corrected chi connectivity index (χ0v) is 19.2. The van der Waals surface area contributed by atoms with Crippen molar-refractivity contribution >= 4 is 29.2 Å². The highest BCUT2D eigenvalue weighted by molar-refractivity contribution is 6.30. The van der Waals surface area contributed by atoms with Crippen LogP contribution in [-0.4, -0.2) is 58.8 Å². The molecule has 0 bridgehead atoms. The van der Waals surface area contributed by atoms with Crippen LogP contribution in [0.5, 0.6) is 0 Å². The molecular weight excluding hydrogens is 422 g/mol. The molecule has 5 rings (SSSR count). The summed E-state index contributed by atoms with van der Waals surface area (Å²) in [5, 5.41) is 7.78. The number of nitrogen functional groups attached to an aromatic ring is 1. The van der Waals surface area contributed by atoms with Crippen molar-refractivity contribution in [2.45, 2.75) is 37.9 Å². The van der Waals surface area contributed by atoms with E-state index in [1.165, 1.54) is 16.8 Å². The lowest BCUT2D eigenvalue weighted by Gasteiger charge is -2.42. The Hall–Kier alpha value is -2.77. The van der Waals surface area contributed by atoms with Crippen molar-refractivity contribution in [2.24, 2.45) is 0 Å². The van der Waals surface area contributed by atoms with Gasteiger partial charge in [0.1, 0.15) is 0 Å². The number of H-pyrrole nitrogens is 1. The second-order valence-electron chi connectivity index (χ2n) is 8.90. The quantitative estimate of drug-likeness (QED) is 0.631. The Morgan fingerprint density at radius 2 is 1.84 bits per heavy atom. The number of nitrogens with one attached hydrogen (secondary N) is 1. The van der Waals surface area contributed by atoms with E-state index in [0.717, 1.165) is 50.5 Å². The third-order valence-electron chi connectivity index (χ3n) is 6.80. The van der Waals surface area contributed by atoms with Crippen LogP contribution in [0.1, 0.15) is 24.0 Å². The maximum absolute atomic E-state index is 6.14. The Balaban J connectivity index is 1.38. The number of aromatic amines is 1. The maximum Gasteiger partial charge on any atom is 0.246 e. The van der Waals surface area contributed by atoms with Crippen molar-refractivity contribution in [2.75, 3.05) is 42.2 Å². The number of piperidine rings is 1. The number of hydrogen-bond donors (Lipinski definition) is 2. The normalized spacial score (nSPS) is 20.2. The highest BCUT2D eigenvalue weighted by atomic mass is 35.5. The first-order valence-electron chi connectivity index (χ1n) is 11.3. The van der Waals surface area contributed by atoms with Crippen molar-refractivity contribution in [1.29, 1.82) is 0 Å². The summed E-state index contributed by atoms with van der Waals surface area (Å²) >= 11 is 6.14. The Bertz CT molecular complexity index is 1040. The monoisotopic (exact) mass is 451 g/mol. The summed E-state index contributed by atoms with van der Waals surface area (Å²) in [5.74, 6) is 1.08. The summed E-state index contributed by atoms with van der Waals surface area (Å²) in [4.78, 5) is 11.7. The molecule has 2 aromatic carbocycles. The summed E-state index contributed by atoms with van der Waals surface area (Å²) in [7, 11) is 2.22. The van der Waals surface area contributed by atoms with Crippen LogP contribution in [0.15, 0.2) is 48.5 Å². The van der Waals surface area contributed by atoms with E-state index in [0.29, 0.717) is 24.0 Å². The lowest BCUT2D eigenvalue weighted by molar-refractivity contribution is 0.110. The zero-order chi connectivity index (χ0) is 22.1. The minimum atomic E-state index is 0.373. The van der Waals surface area contributed by atoms with Gasteiger partial charge in [0.2, 0.25) is 11.9 Å². The molecule has 1 fully saturated rings. The van der Waals surface area contributed by atoms with Gasteiger partial charge in [-0.2, -0.15) is 4.98 Å². The van der Waals surface area contributed by atoms with Crippen LogP contribution in [-0.2, 0) is 13.0 Å². The Morgan fingerprint density at radius 1 is 1.09 bits per heavy atom. The summed E-state index contributed by atoms with van der Waals surface area (Å²) in [6.45, 7) is 3.83. The van der Waals surface area contributed by atoms with E-state index >= 15 is 0 Å². The molecule has 0 radical (unpaired) electrons. The van der Waals surface area contributed by atoms with E-state index in [2.05, 4.69) is 73.3 Å². The third-order valence-corrected chi connectivity index (χ3v) is 7.05. The van der Waals surface area contributed by atoms with Crippen LogP contribution in [0.25, 0.3) is 0 Å². The van der Waals surface area contributed by atoms with Gasteiger partial charge in [0.25, 0.3) is 0 Å². The number of hydrogen-bond acceptors (Lipinski definition) is 6. The second-order valence-corrected chi connectivity index (χ2v) is 9.34. The molecule has 1 saturated heterocycles. The number of benzene rings is 2. The molecule has 0 aliphatic carbocycles. The minimum Gasteiger partial charge on any atom is -0.373 e. The van der Waals surface area contributed by atoms with Gasteiger partial charge in [-0.25, -0.2) is 5.10 Å². The summed E-state index contributed by atoms with van der Waals surface area (Å²) in [6.07, 6.45) is 3.17. The number of rotatable bonds is 4. The van der Waals surface area contributed by atoms with Gasteiger partial charge in [0, 0.05) is 56.0 Å². The average Bonchev–Trinajstić information content (AvgIpc) is 3.19. The first-order chi connectivity index (χ1) is 15.6. The molecule has 168 valence electrons. The first kappa shape index (κ1) is 21.1. The Morgan fingerprint density at radius 3 is 2.56 bits per heavy atom. The topological polar surface area (TPSA) is 77.3 Å². The van der Waals surface area contributed by atoms with Gasteiger partial charge in [0.15, 0.2) is 0 Å². The van der Waals surface area contributed by atoms with Gasteiger partial charge >= 0.3 is 0 Å². The average molecular weight is 452 g/mol. The van der Waals surface area contributed by atoms with Crippen LogP contribution < -0.4 is 15.5 Å². The number of aromatic nitrogens is 3. The van der Waals surface area contributed by atoms with E-state index in [-0.39, 0.29) is 0 Å². The van der Waals surface area contributed by atoms with Gasteiger partial charge in [0.05, 0.1) is 0 Å². The predicted octanol–water partition coefficient (Wildman–Crippen LogP) is 3.57. The van der Waals surface area contributed by atoms with E-state index < -0.39 is 0 Å². The Labute approximate surface area is 194 Å². The fourth-order valence-corrected chi connectivity index (χ4v) is 5.29. The van der Waals surface area contributed by atoms with Gasteiger partial charge in [-0.15, -0.1) is 5.10 Å². The number of nitrogens with two attached hydrogens (primary N) is 1. The van der Waals surface area contributed by atoms with Gasteiger partial charge in [-0.3, -0.25) is 4.90 Å². The largest absolute Gasteiger partial charge is 0.373 e. The second kappa shape index (κ2) is 9.00. The highest BCUT2D eigenvalue weighted by Gasteiger charge is 2.34. The summed E-state index contributed by atoms with van der Waals surface area (Å²) in [6, 6.07) is 18.1. The Kier molecular flexibility index (Phi) is 5.93. The molecular formula is C24H30ClN7. The summed E-state index contributed by atoms with van der Waals surface area (Å²) in [5.41, 5.74) is 9.80. The van der Waals surface area contributed by atoms with E-state index in [9.17, 15) is 0 Å². The van der Waals surface area contributed by atoms with Crippen LogP contribution >= 0.6 is 11.6 Å². The van der Waals surface area contributed by atoms with Crippen molar-refractivity contribution in [3.8, 4) is 0 Å². The predicted molar refractivity (Wildman–Crippen MR) is 130 cm³/mol. The van der Waals surface area contributed by atoms with E-state index in [1.54, 1.807) is 0 Å². The van der Waals surface area contributed by atoms with E-state index in [4.69, 9.17) is 17.3 Å². The third kappa shape index (κ3) is 4.40. The van der Waals surface area contributed by atoms with Crippen LogP contribution in [0.4, 0.5) is 17.6 Å². The molecule has 7 nitrogen and oxygen atoms in total. The molecule has 0 unspecified atom stereocenters. The molecule has 1 aromatic heterocycles. The lowest BCUT2D eigenvalue weighted by atomic mass is 9.97. The maximum atomic E-state index is 6.14. The van der Waals surface area contributed by atoms with Gasteiger partial charge < -0.3 is 15.5 Å². The molecule has 3 aromatic rings. The smallest absolute Gasteiger partial charge is 0.246 e. The molecule has 3 heterocycles. The first-order valence-corrected chi connectivity index (χ1v) is 11.7. The number of nitrogens with zero attached hydrogens (tertiary/aromatic N) is 5. The standard InChI is InChI=1S/C24H30ClN7/c1-30-16-21(14-17-6-8-19(25)9-7-17)32(15-18-4-2-3-5-22(18)30)20-10-12-31(13-11-20)24-27-23(26)28-29-24/h2-9,20-21H,10-16H2,1H3,(H3,26,27,28,29)/t21-/m0/s1. The molecule has 0 saturated carbocycles. The molecule has 3 N–H and O–H groups in total.